The fourth-order valence-corrected chi connectivity index (χ4v) is 3.25. The second-order valence-electron chi connectivity index (χ2n) is 6.06. The molecule has 0 spiro atoms. The Morgan fingerprint density at radius 2 is 2.00 bits per heavy atom. The summed E-state index contributed by atoms with van der Waals surface area (Å²) in [6.07, 6.45) is 8.38. The topological polar surface area (TPSA) is 46.3 Å². The maximum atomic E-state index is 12.4. The van der Waals surface area contributed by atoms with Crippen LogP contribution >= 0.6 is 0 Å². The van der Waals surface area contributed by atoms with Gasteiger partial charge >= 0.3 is 0 Å². The number of hydrogen-bond acceptors (Lipinski definition) is 2. The van der Waals surface area contributed by atoms with E-state index < -0.39 is 0 Å². The fraction of sp³-hybridized carbons (Fsp3) is 0.611. The minimum atomic E-state index is 0.270. The molecule has 0 heterocycles. The smallest absolute Gasteiger partial charge is 0.222 e. The Hall–Kier alpha value is -1.35. The van der Waals surface area contributed by atoms with E-state index in [-0.39, 0.29) is 11.9 Å². The first-order valence-electron chi connectivity index (χ1n) is 8.27. The molecule has 2 N–H and O–H groups in total. The second-order valence-corrected chi connectivity index (χ2v) is 6.06. The molecule has 3 nitrogen and oxygen atoms in total. The van der Waals surface area contributed by atoms with E-state index in [0.29, 0.717) is 6.42 Å². The first-order chi connectivity index (χ1) is 10.2. The van der Waals surface area contributed by atoms with Crippen LogP contribution in [-0.4, -0.2) is 24.4 Å². The van der Waals surface area contributed by atoms with Gasteiger partial charge in [0.25, 0.3) is 0 Å². The minimum absolute atomic E-state index is 0.270. The molecule has 0 fully saturated rings. The predicted octanol–water partition coefficient (Wildman–Crippen LogP) is 3.43. The molecule has 2 rings (SSSR count). The van der Waals surface area contributed by atoms with E-state index in [4.69, 9.17) is 5.73 Å². The Kier molecular flexibility index (Phi) is 6.24. The van der Waals surface area contributed by atoms with Crippen molar-refractivity contribution in [3.8, 4) is 0 Å². The third-order valence-electron chi connectivity index (χ3n) is 4.54. The third kappa shape index (κ3) is 4.31. The van der Waals surface area contributed by atoms with Crippen molar-refractivity contribution in [1.29, 1.82) is 0 Å². The van der Waals surface area contributed by atoms with Gasteiger partial charge in [-0.15, -0.1) is 0 Å². The van der Waals surface area contributed by atoms with Gasteiger partial charge in [0.05, 0.1) is 6.04 Å². The van der Waals surface area contributed by atoms with Crippen LogP contribution in [0.25, 0.3) is 0 Å². The van der Waals surface area contributed by atoms with Crippen LogP contribution in [0.15, 0.2) is 24.3 Å². The zero-order valence-electron chi connectivity index (χ0n) is 13.2. The van der Waals surface area contributed by atoms with Crippen LogP contribution in [0.3, 0.4) is 0 Å². The summed E-state index contributed by atoms with van der Waals surface area (Å²) in [6, 6.07) is 8.84. The van der Waals surface area contributed by atoms with Crippen molar-refractivity contribution in [2.45, 2.75) is 57.4 Å². The minimum Gasteiger partial charge on any atom is -0.339 e. The lowest BCUT2D eigenvalue weighted by Gasteiger charge is -2.33. The number of amides is 1. The molecular formula is C18H28N2O. The van der Waals surface area contributed by atoms with Crippen LogP contribution in [-0.2, 0) is 11.2 Å². The molecule has 1 aromatic carbocycles. The van der Waals surface area contributed by atoms with Crippen molar-refractivity contribution < 1.29 is 4.79 Å². The average Bonchev–Trinajstić information content (AvgIpc) is 2.53. The van der Waals surface area contributed by atoms with Gasteiger partial charge in [-0.05, 0) is 49.8 Å². The molecule has 21 heavy (non-hydrogen) atoms. The largest absolute Gasteiger partial charge is 0.339 e. The van der Waals surface area contributed by atoms with E-state index in [1.165, 1.54) is 17.5 Å². The number of unbranched alkanes of at least 4 members (excludes halogenated alkanes) is 3. The van der Waals surface area contributed by atoms with Gasteiger partial charge in [0.2, 0.25) is 5.91 Å². The van der Waals surface area contributed by atoms with Crippen molar-refractivity contribution in [2.75, 3.05) is 13.6 Å². The monoisotopic (exact) mass is 288 g/mol. The summed E-state index contributed by atoms with van der Waals surface area (Å²) in [4.78, 5) is 14.4. The Labute approximate surface area is 128 Å². The van der Waals surface area contributed by atoms with Gasteiger partial charge in [-0.25, -0.2) is 0 Å². The molecule has 0 aromatic heterocycles. The number of carbonyl (C=O) groups excluding carboxylic acids is 1. The van der Waals surface area contributed by atoms with E-state index >= 15 is 0 Å². The average molecular weight is 288 g/mol. The van der Waals surface area contributed by atoms with Gasteiger partial charge in [-0.1, -0.05) is 37.1 Å². The van der Waals surface area contributed by atoms with E-state index in [1.807, 2.05) is 11.9 Å². The Morgan fingerprint density at radius 3 is 2.81 bits per heavy atom. The summed E-state index contributed by atoms with van der Waals surface area (Å²) in [5, 5.41) is 0. The lowest BCUT2D eigenvalue weighted by molar-refractivity contribution is -0.132. The second kappa shape index (κ2) is 8.18. The summed E-state index contributed by atoms with van der Waals surface area (Å²) >= 11 is 0. The number of fused-ring (bicyclic) bond motifs is 1. The molecule has 1 aliphatic rings. The van der Waals surface area contributed by atoms with Crippen LogP contribution in [0.1, 0.15) is 62.1 Å². The molecular weight excluding hydrogens is 260 g/mol. The van der Waals surface area contributed by atoms with Crippen molar-refractivity contribution in [3.63, 3.8) is 0 Å². The molecule has 1 amide bonds. The van der Waals surface area contributed by atoms with E-state index in [0.717, 1.165) is 45.1 Å². The normalized spacial score (nSPS) is 17.3. The quantitative estimate of drug-likeness (QED) is 0.781. The lowest BCUT2D eigenvalue weighted by Crippen LogP contribution is -2.33. The maximum absolute atomic E-state index is 12.4. The number of benzene rings is 1. The molecule has 1 aromatic rings. The number of nitrogens with zero attached hydrogens (tertiary/aromatic N) is 1. The summed E-state index contributed by atoms with van der Waals surface area (Å²) < 4.78 is 0. The van der Waals surface area contributed by atoms with Crippen LogP contribution < -0.4 is 5.73 Å². The highest BCUT2D eigenvalue weighted by atomic mass is 16.2. The van der Waals surface area contributed by atoms with Gasteiger partial charge in [0.1, 0.15) is 0 Å². The summed E-state index contributed by atoms with van der Waals surface area (Å²) in [6.45, 7) is 0.757. The Bertz CT molecular complexity index is 458. The zero-order valence-corrected chi connectivity index (χ0v) is 13.2. The molecule has 0 saturated carbocycles. The van der Waals surface area contributed by atoms with Crippen LogP contribution in [0.4, 0.5) is 0 Å². The maximum Gasteiger partial charge on any atom is 0.222 e. The molecule has 0 bridgehead atoms. The van der Waals surface area contributed by atoms with Crippen molar-refractivity contribution in [1.82, 2.24) is 4.90 Å². The molecule has 0 radical (unpaired) electrons. The lowest BCUT2D eigenvalue weighted by atomic mass is 9.87. The molecule has 3 heteroatoms. The SMILES string of the molecule is CN(C(=O)CCCCCCN)C1CCCc2ccccc21. The predicted molar refractivity (Wildman–Crippen MR) is 87.0 cm³/mol. The summed E-state index contributed by atoms with van der Waals surface area (Å²) in [5.74, 6) is 0.282. The molecule has 1 unspecified atom stereocenters. The third-order valence-corrected chi connectivity index (χ3v) is 4.54. The molecule has 0 saturated heterocycles. The number of aryl methyl sites for hydroxylation is 1. The van der Waals surface area contributed by atoms with E-state index in [2.05, 4.69) is 24.3 Å². The van der Waals surface area contributed by atoms with Crippen LogP contribution in [0, 0.1) is 0 Å². The number of hydrogen-bond donors (Lipinski definition) is 1. The molecule has 0 aliphatic heterocycles. The number of rotatable bonds is 7. The first kappa shape index (κ1) is 16.0. The van der Waals surface area contributed by atoms with Gasteiger partial charge in [0.15, 0.2) is 0 Å². The molecule has 1 aliphatic carbocycles. The van der Waals surface area contributed by atoms with Gasteiger partial charge in [-0.3, -0.25) is 4.79 Å². The van der Waals surface area contributed by atoms with Crippen molar-refractivity contribution in [3.05, 3.63) is 35.4 Å². The summed E-state index contributed by atoms with van der Waals surface area (Å²) in [5.41, 5.74) is 8.25. The van der Waals surface area contributed by atoms with Crippen molar-refractivity contribution in [2.24, 2.45) is 5.73 Å². The summed E-state index contributed by atoms with van der Waals surface area (Å²) in [7, 11) is 1.97. The Balaban J connectivity index is 1.88. The van der Waals surface area contributed by atoms with Gasteiger partial charge in [0, 0.05) is 13.5 Å². The van der Waals surface area contributed by atoms with E-state index in [9.17, 15) is 4.79 Å². The number of nitrogens with two attached hydrogens (primary N) is 1. The first-order valence-corrected chi connectivity index (χ1v) is 8.27. The van der Waals surface area contributed by atoms with Crippen molar-refractivity contribution >= 4 is 5.91 Å². The molecule has 116 valence electrons. The standard InChI is InChI=1S/C18H28N2O/c1-20(18(21)13-4-2-3-7-14-19)17-12-8-10-15-9-5-6-11-16(15)17/h5-6,9,11,17H,2-4,7-8,10,12-14,19H2,1H3. The van der Waals surface area contributed by atoms with Crippen LogP contribution in [0.2, 0.25) is 0 Å². The Morgan fingerprint density at radius 1 is 1.24 bits per heavy atom. The zero-order chi connectivity index (χ0) is 15.1. The number of carbonyl (C=O) groups is 1. The highest BCUT2D eigenvalue weighted by molar-refractivity contribution is 5.76. The van der Waals surface area contributed by atoms with Gasteiger partial charge < -0.3 is 10.6 Å². The highest BCUT2D eigenvalue weighted by Crippen LogP contribution is 2.33. The fourth-order valence-electron chi connectivity index (χ4n) is 3.25. The highest BCUT2D eigenvalue weighted by Gasteiger charge is 2.25. The van der Waals surface area contributed by atoms with Gasteiger partial charge in [-0.2, -0.15) is 0 Å². The van der Waals surface area contributed by atoms with Crippen LogP contribution in [0.5, 0.6) is 0 Å². The molecule has 1 atom stereocenters. The van der Waals surface area contributed by atoms with E-state index in [1.54, 1.807) is 0 Å².